The molecule has 2 N–H and O–H groups in total. The molecule has 1 aromatic carbocycles. The molecule has 0 bridgehead atoms. The summed E-state index contributed by atoms with van der Waals surface area (Å²) in [5.74, 6) is -0.705. The van der Waals surface area contributed by atoms with Crippen LogP contribution in [0.15, 0.2) is 30.3 Å². The molecule has 16 heavy (non-hydrogen) atoms. The second-order valence-electron chi connectivity index (χ2n) is 3.87. The van der Waals surface area contributed by atoms with Crippen LogP contribution >= 0.6 is 0 Å². The van der Waals surface area contributed by atoms with Gasteiger partial charge in [-0.25, -0.2) is 0 Å². The van der Waals surface area contributed by atoms with Crippen LogP contribution in [0.5, 0.6) is 0 Å². The lowest BCUT2D eigenvalue weighted by Gasteiger charge is -2.03. The fourth-order valence-electron chi connectivity index (χ4n) is 1.15. The fraction of sp³-hybridized carbons (Fsp3) is 0.462. The largest absolute Gasteiger partial charge is 0.481 e. The first-order valence-corrected chi connectivity index (χ1v) is 5.40. The number of aliphatic hydroxyl groups excluding tert-OH is 1. The number of benzene rings is 1. The summed E-state index contributed by atoms with van der Waals surface area (Å²) in [7, 11) is 0. The monoisotopic (exact) mass is 224 g/mol. The van der Waals surface area contributed by atoms with E-state index in [1.165, 1.54) is 5.56 Å². The molecule has 0 radical (unpaired) electrons. The van der Waals surface area contributed by atoms with Crippen LogP contribution in [-0.4, -0.2) is 22.8 Å². The summed E-state index contributed by atoms with van der Waals surface area (Å²) in [6.45, 7) is 3.97. The Kier molecular flexibility index (Phi) is 8.17. The van der Waals surface area contributed by atoms with Crippen LogP contribution in [0.25, 0.3) is 0 Å². The average Bonchev–Trinajstić information content (AvgIpc) is 2.18. The lowest BCUT2D eigenvalue weighted by atomic mass is 10.1. The Labute approximate surface area is 96.7 Å². The van der Waals surface area contributed by atoms with E-state index < -0.39 is 5.97 Å². The zero-order chi connectivity index (χ0) is 12.4. The third-order valence-electron chi connectivity index (χ3n) is 2.09. The van der Waals surface area contributed by atoms with E-state index in [0.29, 0.717) is 6.42 Å². The highest BCUT2D eigenvalue weighted by molar-refractivity contribution is 5.66. The first-order chi connectivity index (χ1) is 7.56. The van der Waals surface area contributed by atoms with Crippen LogP contribution < -0.4 is 0 Å². The van der Waals surface area contributed by atoms with Gasteiger partial charge in [0.15, 0.2) is 0 Å². The molecule has 1 unspecified atom stereocenters. The smallest absolute Gasteiger partial charge is 0.303 e. The Balaban J connectivity index is 0.000000288. The van der Waals surface area contributed by atoms with Gasteiger partial charge in [0.2, 0.25) is 0 Å². The quantitative estimate of drug-likeness (QED) is 0.826. The predicted molar refractivity (Wildman–Crippen MR) is 64.3 cm³/mol. The molecule has 1 atom stereocenters. The van der Waals surface area contributed by atoms with Crippen LogP contribution in [0.3, 0.4) is 0 Å². The van der Waals surface area contributed by atoms with Gasteiger partial charge in [-0.05, 0) is 19.3 Å². The molecule has 0 aliphatic carbocycles. The molecule has 90 valence electrons. The molecule has 0 aliphatic rings. The summed E-state index contributed by atoms with van der Waals surface area (Å²) in [5, 5.41) is 16.6. The number of carboxylic acid groups (broad SMARTS) is 1. The van der Waals surface area contributed by atoms with Crippen LogP contribution in [0.2, 0.25) is 0 Å². The standard InChI is InChI=1S/C7H8.C6H12O3/c1-7-5-3-2-4-6-7;1-5(2-3-7)4-6(8)9/h2-6H,1H3;5,7H,2-4H2,1H3,(H,8,9). The Hall–Kier alpha value is -1.35. The van der Waals surface area contributed by atoms with E-state index in [2.05, 4.69) is 19.1 Å². The third-order valence-corrected chi connectivity index (χ3v) is 2.09. The number of rotatable bonds is 4. The molecule has 0 saturated carbocycles. The van der Waals surface area contributed by atoms with Crippen molar-refractivity contribution in [2.45, 2.75) is 26.7 Å². The first kappa shape index (κ1) is 14.6. The molecular weight excluding hydrogens is 204 g/mol. The number of hydrogen-bond acceptors (Lipinski definition) is 2. The van der Waals surface area contributed by atoms with E-state index in [0.717, 1.165) is 0 Å². The van der Waals surface area contributed by atoms with Crippen molar-refractivity contribution in [3.05, 3.63) is 35.9 Å². The minimum absolute atomic E-state index is 0.0778. The number of aliphatic hydroxyl groups is 1. The third kappa shape index (κ3) is 9.21. The second-order valence-corrected chi connectivity index (χ2v) is 3.87. The summed E-state index contributed by atoms with van der Waals surface area (Å²) >= 11 is 0. The van der Waals surface area contributed by atoms with Gasteiger partial charge in [-0.2, -0.15) is 0 Å². The molecule has 0 fully saturated rings. The van der Waals surface area contributed by atoms with Gasteiger partial charge in [-0.1, -0.05) is 42.8 Å². The summed E-state index contributed by atoms with van der Waals surface area (Å²) in [4.78, 5) is 10.0. The van der Waals surface area contributed by atoms with Crippen molar-refractivity contribution in [1.29, 1.82) is 0 Å². The predicted octanol–water partition coefficient (Wildman–Crippen LogP) is 2.47. The van der Waals surface area contributed by atoms with Gasteiger partial charge in [0.05, 0.1) is 0 Å². The molecule has 1 rings (SSSR count). The second kappa shape index (κ2) is 8.92. The Morgan fingerprint density at radius 3 is 2.19 bits per heavy atom. The maximum atomic E-state index is 10.0. The maximum absolute atomic E-state index is 10.0. The lowest BCUT2D eigenvalue weighted by Crippen LogP contribution is -2.05. The lowest BCUT2D eigenvalue weighted by molar-refractivity contribution is -0.138. The van der Waals surface area contributed by atoms with Gasteiger partial charge >= 0.3 is 5.97 Å². The van der Waals surface area contributed by atoms with E-state index in [9.17, 15) is 4.79 Å². The number of carbonyl (C=O) groups is 1. The summed E-state index contributed by atoms with van der Waals surface area (Å²) in [6.07, 6.45) is 0.729. The normalized spacial score (nSPS) is 11.2. The number of carboxylic acids is 1. The van der Waals surface area contributed by atoms with E-state index in [1.54, 1.807) is 0 Å². The molecule has 0 spiro atoms. The fourth-order valence-corrected chi connectivity index (χ4v) is 1.15. The van der Waals surface area contributed by atoms with Gasteiger partial charge in [0, 0.05) is 13.0 Å². The van der Waals surface area contributed by atoms with E-state index in [-0.39, 0.29) is 18.9 Å². The van der Waals surface area contributed by atoms with Crippen LogP contribution in [-0.2, 0) is 4.79 Å². The molecule has 0 heterocycles. The minimum atomic E-state index is -0.795. The van der Waals surface area contributed by atoms with Crippen molar-refractivity contribution in [2.24, 2.45) is 5.92 Å². The zero-order valence-electron chi connectivity index (χ0n) is 9.89. The highest BCUT2D eigenvalue weighted by Gasteiger charge is 2.05. The van der Waals surface area contributed by atoms with Crippen LogP contribution in [0, 0.1) is 12.8 Å². The van der Waals surface area contributed by atoms with Crippen molar-refractivity contribution in [3.8, 4) is 0 Å². The minimum Gasteiger partial charge on any atom is -0.481 e. The molecule has 3 nitrogen and oxygen atoms in total. The number of hydrogen-bond donors (Lipinski definition) is 2. The molecule has 0 saturated heterocycles. The van der Waals surface area contributed by atoms with Crippen molar-refractivity contribution < 1.29 is 15.0 Å². The number of aliphatic carboxylic acids is 1. The van der Waals surface area contributed by atoms with E-state index in [1.807, 2.05) is 25.1 Å². The molecule has 0 aromatic heterocycles. The Bertz CT molecular complexity index is 282. The molecule has 0 amide bonds. The van der Waals surface area contributed by atoms with Gasteiger partial charge in [-0.15, -0.1) is 0 Å². The van der Waals surface area contributed by atoms with Crippen molar-refractivity contribution >= 4 is 5.97 Å². The SMILES string of the molecule is CC(CCO)CC(=O)O.Cc1ccccc1. The first-order valence-electron chi connectivity index (χ1n) is 5.40. The van der Waals surface area contributed by atoms with Crippen molar-refractivity contribution in [1.82, 2.24) is 0 Å². The summed E-state index contributed by atoms with van der Waals surface area (Å²) in [5.41, 5.74) is 1.32. The van der Waals surface area contributed by atoms with Crippen LogP contribution in [0.4, 0.5) is 0 Å². The highest BCUT2D eigenvalue weighted by Crippen LogP contribution is 2.05. The zero-order valence-corrected chi connectivity index (χ0v) is 9.89. The van der Waals surface area contributed by atoms with Gasteiger partial charge in [0.25, 0.3) is 0 Å². The highest BCUT2D eigenvalue weighted by atomic mass is 16.4. The Morgan fingerprint density at radius 1 is 1.31 bits per heavy atom. The summed E-state index contributed by atoms with van der Waals surface area (Å²) < 4.78 is 0. The van der Waals surface area contributed by atoms with Crippen LogP contribution in [0.1, 0.15) is 25.3 Å². The van der Waals surface area contributed by atoms with E-state index in [4.69, 9.17) is 10.2 Å². The topological polar surface area (TPSA) is 57.5 Å². The molecule has 0 aliphatic heterocycles. The number of aryl methyl sites for hydroxylation is 1. The van der Waals surface area contributed by atoms with Crippen molar-refractivity contribution in [3.63, 3.8) is 0 Å². The Morgan fingerprint density at radius 2 is 1.88 bits per heavy atom. The van der Waals surface area contributed by atoms with Gasteiger partial charge in [0.1, 0.15) is 0 Å². The molecule has 1 aromatic rings. The van der Waals surface area contributed by atoms with Crippen molar-refractivity contribution in [2.75, 3.05) is 6.61 Å². The van der Waals surface area contributed by atoms with Gasteiger partial charge < -0.3 is 10.2 Å². The maximum Gasteiger partial charge on any atom is 0.303 e. The van der Waals surface area contributed by atoms with Gasteiger partial charge in [-0.3, -0.25) is 4.79 Å². The molecular formula is C13H20O3. The van der Waals surface area contributed by atoms with E-state index >= 15 is 0 Å². The molecule has 3 heteroatoms. The average molecular weight is 224 g/mol. The summed E-state index contributed by atoms with van der Waals surface area (Å²) in [6, 6.07) is 10.3.